The van der Waals surface area contributed by atoms with Crippen molar-refractivity contribution in [2.45, 2.75) is 18.7 Å². The van der Waals surface area contributed by atoms with Gasteiger partial charge >= 0.3 is 0 Å². The van der Waals surface area contributed by atoms with Crippen LogP contribution in [0.4, 0.5) is 5.69 Å². The molecule has 1 heterocycles. The SMILES string of the molecule is CCOc1ccc(S(=O)(=O)Nc2ccc(Br)nc2)cc1C. The Bertz CT molecular complexity index is 730. The van der Waals surface area contributed by atoms with Crippen LogP contribution in [0.25, 0.3) is 0 Å². The number of halogens is 1. The third kappa shape index (κ3) is 3.95. The molecule has 5 nitrogen and oxygen atoms in total. The molecule has 112 valence electrons. The largest absolute Gasteiger partial charge is 0.494 e. The lowest BCUT2D eigenvalue weighted by Crippen LogP contribution is -2.13. The first kappa shape index (κ1) is 15.8. The molecule has 0 aliphatic carbocycles. The maximum Gasteiger partial charge on any atom is 0.261 e. The van der Waals surface area contributed by atoms with Gasteiger partial charge in [0.15, 0.2) is 0 Å². The van der Waals surface area contributed by atoms with Crippen LogP contribution in [0.3, 0.4) is 0 Å². The molecule has 0 fully saturated rings. The molecule has 21 heavy (non-hydrogen) atoms. The standard InChI is InChI=1S/C14H15BrN2O3S/c1-3-20-13-6-5-12(8-10(13)2)21(18,19)17-11-4-7-14(15)16-9-11/h4-9,17H,3H2,1-2H3. The van der Waals surface area contributed by atoms with E-state index >= 15 is 0 Å². The van der Waals surface area contributed by atoms with E-state index in [1.54, 1.807) is 24.3 Å². The first-order valence-electron chi connectivity index (χ1n) is 6.30. The predicted octanol–water partition coefficient (Wildman–Crippen LogP) is 3.35. The van der Waals surface area contributed by atoms with Crippen LogP contribution < -0.4 is 9.46 Å². The maximum atomic E-state index is 12.3. The molecule has 7 heteroatoms. The zero-order valence-electron chi connectivity index (χ0n) is 11.6. The molecule has 0 saturated carbocycles. The van der Waals surface area contributed by atoms with Crippen molar-refractivity contribution >= 4 is 31.6 Å². The Morgan fingerprint density at radius 2 is 2.05 bits per heavy atom. The Labute approximate surface area is 132 Å². The third-order valence-corrected chi connectivity index (χ3v) is 4.58. The molecule has 0 aliphatic heterocycles. The summed E-state index contributed by atoms with van der Waals surface area (Å²) < 4.78 is 33.2. The van der Waals surface area contributed by atoms with Gasteiger partial charge in [-0.05, 0) is 65.7 Å². The van der Waals surface area contributed by atoms with Crippen molar-refractivity contribution in [3.63, 3.8) is 0 Å². The smallest absolute Gasteiger partial charge is 0.261 e. The molecule has 2 rings (SSSR count). The van der Waals surface area contributed by atoms with Gasteiger partial charge in [0, 0.05) is 0 Å². The zero-order valence-corrected chi connectivity index (χ0v) is 14.0. The number of nitrogens with zero attached hydrogens (tertiary/aromatic N) is 1. The first-order valence-corrected chi connectivity index (χ1v) is 8.58. The summed E-state index contributed by atoms with van der Waals surface area (Å²) in [6.07, 6.45) is 1.45. The molecule has 1 aromatic heterocycles. The van der Waals surface area contributed by atoms with E-state index in [9.17, 15) is 8.42 Å². The van der Waals surface area contributed by atoms with E-state index in [1.165, 1.54) is 12.3 Å². The molecule has 1 N–H and O–H groups in total. The summed E-state index contributed by atoms with van der Waals surface area (Å²) in [6, 6.07) is 8.07. The van der Waals surface area contributed by atoms with E-state index < -0.39 is 10.0 Å². The average molecular weight is 371 g/mol. The Kier molecular flexibility index (Phi) is 4.84. The number of ether oxygens (including phenoxy) is 1. The number of aryl methyl sites for hydroxylation is 1. The highest BCUT2D eigenvalue weighted by molar-refractivity contribution is 9.10. The van der Waals surface area contributed by atoms with Gasteiger partial charge in [0.1, 0.15) is 10.4 Å². The van der Waals surface area contributed by atoms with Crippen LogP contribution in [0.1, 0.15) is 12.5 Å². The number of hydrogen-bond donors (Lipinski definition) is 1. The van der Waals surface area contributed by atoms with E-state index in [1.807, 2.05) is 13.8 Å². The van der Waals surface area contributed by atoms with Crippen LogP contribution in [0.5, 0.6) is 5.75 Å². The summed E-state index contributed by atoms with van der Waals surface area (Å²) in [5, 5.41) is 0. The first-order chi connectivity index (χ1) is 9.92. The van der Waals surface area contributed by atoms with Crippen molar-refractivity contribution in [3.05, 3.63) is 46.7 Å². The van der Waals surface area contributed by atoms with Crippen molar-refractivity contribution in [3.8, 4) is 5.75 Å². The van der Waals surface area contributed by atoms with Crippen molar-refractivity contribution in [2.24, 2.45) is 0 Å². The van der Waals surface area contributed by atoms with E-state index in [0.717, 1.165) is 5.56 Å². The number of hydrogen-bond acceptors (Lipinski definition) is 4. The molecular formula is C14H15BrN2O3S. The molecule has 0 saturated heterocycles. The van der Waals surface area contributed by atoms with Crippen LogP contribution in [0, 0.1) is 6.92 Å². The Morgan fingerprint density at radius 1 is 1.29 bits per heavy atom. The number of pyridine rings is 1. The highest BCUT2D eigenvalue weighted by Crippen LogP contribution is 2.23. The van der Waals surface area contributed by atoms with Gasteiger partial charge in [0.25, 0.3) is 10.0 Å². The molecule has 0 radical (unpaired) electrons. The lowest BCUT2D eigenvalue weighted by molar-refractivity contribution is 0.337. The summed E-state index contributed by atoms with van der Waals surface area (Å²) in [7, 11) is -3.64. The van der Waals surface area contributed by atoms with Gasteiger partial charge in [0.05, 0.1) is 23.4 Å². The van der Waals surface area contributed by atoms with Gasteiger partial charge in [0.2, 0.25) is 0 Å². The number of rotatable bonds is 5. The van der Waals surface area contributed by atoms with Crippen LogP contribution in [-0.2, 0) is 10.0 Å². The maximum absolute atomic E-state index is 12.3. The van der Waals surface area contributed by atoms with Crippen molar-refractivity contribution in [2.75, 3.05) is 11.3 Å². The van der Waals surface area contributed by atoms with Gasteiger partial charge in [-0.2, -0.15) is 0 Å². The summed E-state index contributed by atoms with van der Waals surface area (Å²) in [5.74, 6) is 0.682. The molecule has 2 aromatic rings. The second-order valence-electron chi connectivity index (χ2n) is 4.34. The number of aromatic nitrogens is 1. The normalized spacial score (nSPS) is 11.2. The van der Waals surface area contributed by atoms with Gasteiger partial charge in [-0.1, -0.05) is 0 Å². The molecule has 0 aliphatic rings. The predicted molar refractivity (Wildman–Crippen MR) is 85.1 cm³/mol. The van der Waals surface area contributed by atoms with E-state index in [0.29, 0.717) is 22.6 Å². The molecule has 1 aromatic carbocycles. The van der Waals surface area contributed by atoms with Crippen molar-refractivity contribution in [1.82, 2.24) is 4.98 Å². The highest BCUT2D eigenvalue weighted by Gasteiger charge is 2.15. The molecule has 0 spiro atoms. The molecule has 0 atom stereocenters. The fourth-order valence-electron chi connectivity index (χ4n) is 1.76. The van der Waals surface area contributed by atoms with Crippen molar-refractivity contribution in [1.29, 1.82) is 0 Å². The van der Waals surface area contributed by atoms with Gasteiger partial charge in [-0.15, -0.1) is 0 Å². The fourth-order valence-corrected chi connectivity index (χ4v) is 3.12. The summed E-state index contributed by atoms with van der Waals surface area (Å²) in [6.45, 7) is 4.23. The van der Waals surface area contributed by atoms with E-state index in [4.69, 9.17) is 4.74 Å². The minimum atomic E-state index is -3.64. The number of nitrogens with one attached hydrogen (secondary N) is 1. The monoisotopic (exact) mass is 370 g/mol. The summed E-state index contributed by atoms with van der Waals surface area (Å²) in [5.41, 5.74) is 1.18. The molecule has 0 unspecified atom stereocenters. The summed E-state index contributed by atoms with van der Waals surface area (Å²) in [4.78, 5) is 4.17. The van der Waals surface area contributed by atoms with Gasteiger partial charge in [-0.3, -0.25) is 4.72 Å². The van der Waals surface area contributed by atoms with Crippen LogP contribution >= 0.6 is 15.9 Å². The zero-order chi connectivity index (χ0) is 15.5. The topological polar surface area (TPSA) is 68.3 Å². The van der Waals surface area contributed by atoms with Crippen LogP contribution in [-0.4, -0.2) is 20.0 Å². The van der Waals surface area contributed by atoms with Gasteiger partial charge in [-0.25, -0.2) is 13.4 Å². The van der Waals surface area contributed by atoms with Gasteiger partial charge < -0.3 is 4.74 Å². The minimum absolute atomic E-state index is 0.186. The third-order valence-electron chi connectivity index (χ3n) is 2.74. The summed E-state index contributed by atoms with van der Waals surface area (Å²) >= 11 is 3.20. The number of anilines is 1. The second kappa shape index (κ2) is 6.44. The van der Waals surface area contributed by atoms with Crippen molar-refractivity contribution < 1.29 is 13.2 Å². The van der Waals surface area contributed by atoms with Crippen LogP contribution in [0.2, 0.25) is 0 Å². The average Bonchev–Trinajstić information content (AvgIpc) is 2.43. The number of sulfonamides is 1. The Hall–Kier alpha value is -1.60. The fraction of sp³-hybridized carbons (Fsp3) is 0.214. The molecular weight excluding hydrogens is 356 g/mol. The minimum Gasteiger partial charge on any atom is -0.494 e. The number of benzene rings is 1. The van der Waals surface area contributed by atoms with E-state index in [2.05, 4.69) is 25.6 Å². The molecule has 0 bridgehead atoms. The lowest BCUT2D eigenvalue weighted by Gasteiger charge is -2.11. The highest BCUT2D eigenvalue weighted by atomic mass is 79.9. The lowest BCUT2D eigenvalue weighted by atomic mass is 10.2. The van der Waals surface area contributed by atoms with E-state index in [-0.39, 0.29) is 4.90 Å². The Balaban J connectivity index is 2.27. The second-order valence-corrected chi connectivity index (χ2v) is 6.83. The Morgan fingerprint density at radius 3 is 2.62 bits per heavy atom. The quantitative estimate of drug-likeness (QED) is 0.819. The van der Waals surface area contributed by atoms with Crippen LogP contribution in [0.15, 0.2) is 46.0 Å². The molecule has 0 amide bonds.